The number of nitrogens with two attached hydrogens (primary N) is 1. The number of nitro groups is 1. The number of hydrogen-bond donors (Lipinski definition) is 2. The van der Waals surface area contributed by atoms with Crippen LogP contribution in [-0.4, -0.2) is 21.9 Å². The number of para-hydroxylation sites is 1. The van der Waals surface area contributed by atoms with Crippen LogP contribution in [0.4, 0.5) is 11.4 Å². The molecule has 1 aliphatic rings. The van der Waals surface area contributed by atoms with E-state index in [1.54, 1.807) is 42.5 Å². The van der Waals surface area contributed by atoms with E-state index in [9.17, 15) is 19.7 Å². The van der Waals surface area contributed by atoms with Crippen molar-refractivity contribution in [1.82, 2.24) is 5.32 Å². The molecule has 1 saturated heterocycles. The maximum atomic E-state index is 12.1. The summed E-state index contributed by atoms with van der Waals surface area (Å²) in [7, 11) is 0. The Labute approximate surface area is 152 Å². The summed E-state index contributed by atoms with van der Waals surface area (Å²) in [5, 5.41) is 13.6. The second kappa shape index (κ2) is 7.19. The molecular formula is C17H12N4O4S. The first-order valence-electron chi connectivity index (χ1n) is 7.37. The zero-order chi connectivity index (χ0) is 18.7. The molecule has 0 radical (unpaired) electrons. The van der Waals surface area contributed by atoms with Crippen LogP contribution in [0, 0.1) is 10.1 Å². The van der Waals surface area contributed by atoms with Gasteiger partial charge >= 0.3 is 0 Å². The van der Waals surface area contributed by atoms with Crippen molar-refractivity contribution in [3.05, 3.63) is 74.7 Å². The number of nitro benzene ring substituents is 1. The van der Waals surface area contributed by atoms with E-state index >= 15 is 0 Å². The monoisotopic (exact) mass is 368 g/mol. The van der Waals surface area contributed by atoms with Crippen LogP contribution >= 0.6 is 11.8 Å². The van der Waals surface area contributed by atoms with Gasteiger partial charge in [-0.25, -0.2) is 4.99 Å². The van der Waals surface area contributed by atoms with Gasteiger partial charge in [-0.2, -0.15) is 0 Å². The van der Waals surface area contributed by atoms with Gasteiger partial charge in [0.25, 0.3) is 17.5 Å². The van der Waals surface area contributed by atoms with E-state index in [0.29, 0.717) is 21.3 Å². The normalized spacial score (nSPS) is 16.7. The number of amides is 2. The maximum Gasteiger partial charge on any atom is 0.269 e. The topological polar surface area (TPSA) is 128 Å². The van der Waals surface area contributed by atoms with Crippen molar-refractivity contribution in [2.24, 2.45) is 10.7 Å². The molecule has 2 aromatic rings. The van der Waals surface area contributed by atoms with Crippen LogP contribution in [0.5, 0.6) is 0 Å². The molecule has 0 atom stereocenters. The van der Waals surface area contributed by atoms with Crippen molar-refractivity contribution in [1.29, 1.82) is 0 Å². The van der Waals surface area contributed by atoms with Gasteiger partial charge in [-0.15, -0.1) is 0 Å². The first-order chi connectivity index (χ1) is 12.4. The largest absolute Gasteiger partial charge is 0.366 e. The van der Waals surface area contributed by atoms with Crippen LogP contribution in [0.2, 0.25) is 0 Å². The molecule has 1 heterocycles. The third-order valence-corrected chi connectivity index (χ3v) is 4.35. The Morgan fingerprint density at radius 2 is 1.88 bits per heavy atom. The van der Waals surface area contributed by atoms with Gasteiger partial charge < -0.3 is 11.1 Å². The lowest BCUT2D eigenvalue weighted by Crippen LogP contribution is -2.19. The zero-order valence-corrected chi connectivity index (χ0v) is 14.0. The number of nitrogens with zero attached hydrogens (tertiary/aromatic N) is 2. The number of rotatable bonds is 4. The summed E-state index contributed by atoms with van der Waals surface area (Å²) in [4.78, 5) is 38.4. The molecule has 3 N–H and O–H groups in total. The summed E-state index contributed by atoms with van der Waals surface area (Å²) in [5.41, 5.74) is 6.55. The number of benzene rings is 2. The molecule has 130 valence electrons. The summed E-state index contributed by atoms with van der Waals surface area (Å²) in [5.74, 6) is -0.954. The molecule has 9 heteroatoms. The fourth-order valence-electron chi connectivity index (χ4n) is 2.21. The average molecular weight is 368 g/mol. The standard InChI is InChI=1S/C17H12N4O4S/c18-15(22)12-3-1-2-4-13(12)19-17-20-16(23)14(26-17)9-10-5-7-11(8-6-10)21(24)25/h1-9H,(H2,18,22)(H,19,20,23)/b14-9-. The van der Waals surface area contributed by atoms with Crippen molar-refractivity contribution < 1.29 is 14.5 Å². The second-order valence-corrected chi connectivity index (χ2v) is 6.24. The Bertz CT molecular complexity index is 967. The summed E-state index contributed by atoms with van der Waals surface area (Å²) < 4.78 is 0. The van der Waals surface area contributed by atoms with Crippen LogP contribution in [-0.2, 0) is 4.79 Å². The fourth-order valence-corrected chi connectivity index (χ4v) is 3.05. The lowest BCUT2D eigenvalue weighted by Gasteiger charge is -2.01. The molecule has 2 aromatic carbocycles. The number of non-ortho nitro benzene ring substituents is 1. The Balaban J connectivity index is 1.85. The highest BCUT2D eigenvalue weighted by Crippen LogP contribution is 2.29. The zero-order valence-electron chi connectivity index (χ0n) is 13.2. The van der Waals surface area contributed by atoms with Crippen molar-refractivity contribution >= 4 is 46.2 Å². The molecule has 26 heavy (non-hydrogen) atoms. The average Bonchev–Trinajstić information content (AvgIpc) is 2.95. The molecule has 0 aromatic heterocycles. The molecule has 0 spiro atoms. The molecule has 3 rings (SSSR count). The van der Waals surface area contributed by atoms with Gasteiger partial charge in [0.1, 0.15) is 0 Å². The van der Waals surface area contributed by atoms with Crippen LogP contribution in [0.3, 0.4) is 0 Å². The smallest absolute Gasteiger partial charge is 0.269 e. The minimum atomic E-state index is -0.610. The minimum absolute atomic E-state index is 0.0269. The highest BCUT2D eigenvalue weighted by molar-refractivity contribution is 8.18. The predicted molar refractivity (Wildman–Crippen MR) is 98.9 cm³/mol. The van der Waals surface area contributed by atoms with E-state index in [0.717, 1.165) is 11.8 Å². The number of thioether (sulfide) groups is 1. The third-order valence-electron chi connectivity index (χ3n) is 3.44. The number of carbonyl (C=O) groups is 2. The molecule has 1 fully saturated rings. The van der Waals surface area contributed by atoms with Crippen molar-refractivity contribution in [3.63, 3.8) is 0 Å². The summed E-state index contributed by atoms with van der Waals surface area (Å²) >= 11 is 1.10. The first-order valence-corrected chi connectivity index (χ1v) is 8.18. The molecule has 0 unspecified atom stereocenters. The lowest BCUT2D eigenvalue weighted by molar-refractivity contribution is -0.384. The first kappa shape index (κ1) is 17.4. The fraction of sp³-hybridized carbons (Fsp3) is 0. The van der Waals surface area contributed by atoms with E-state index < -0.39 is 10.8 Å². The summed E-state index contributed by atoms with van der Waals surface area (Å²) in [6, 6.07) is 12.4. The van der Waals surface area contributed by atoms with Crippen LogP contribution < -0.4 is 11.1 Å². The Hall–Kier alpha value is -3.46. The number of hydrogen-bond acceptors (Lipinski definition) is 6. The van der Waals surface area contributed by atoms with Gasteiger partial charge in [0, 0.05) is 12.1 Å². The highest BCUT2D eigenvalue weighted by Gasteiger charge is 2.24. The molecule has 0 bridgehead atoms. The Morgan fingerprint density at radius 3 is 2.54 bits per heavy atom. The lowest BCUT2D eigenvalue weighted by atomic mass is 10.2. The van der Waals surface area contributed by atoms with Gasteiger partial charge in [0.05, 0.1) is 21.1 Å². The van der Waals surface area contributed by atoms with Crippen LogP contribution in [0.25, 0.3) is 6.08 Å². The summed E-state index contributed by atoms with van der Waals surface area (Å²) in [6.07, 6.45) is 1.60. The van der Waals surface area contributed by atoms with Gasteiger partial charge in [-0.05, 0) is 47.7 Å². The van der Waals surface area contributed by atoms with Crippen LogP contribution in [0.1, 0.15) is 15.9 Å². The molecular weight excluding hydrogens is 356 g/mol. The predicted octanol–water partition coefficient (Wildman–Crippen LogP) is 2.59. The van der Waals surface area contributed by atoms with Crippen LogP contribution in [0.15, 0.2) is 58.4 Å². The summed E-state index contributed by atoms with van der Waals surface area (Å²) in [6.45, 7) is 0. The van der Waals surface area contributed by atoms with Gasteiger partial charge in [0.15, 0.2) is 5.17 Å². The molecule has 0 aliphatic carbocycles. The SMILES string of the molecule is NC(=O)c1ccccc1N=C1NC(=O)/C(=C/c2ccc([N+](=O)[O-])cc2)S1. The second-order valence-electron chi connectivity index (χ2n) is 5.21. The Kier molecular flexibility index (Phi) is 4.81. The van der Waals surface area contributed by atoms with E-state index in [1.165, 1.54) is 12.1 Å². The quantitative estimate of drug-likeness (QED) is 0.487. The number of carbonyl (C=O) groups excluding carboxylic acids is 2. The highest BCUT2D eigenvalue weighted by atomic mass is 32.2. The van der Waals surface area contributed by atoms with E-state index in [2.05, 4.69) is 10.3 Å². The van der Waals surface area contributed by atoms with E-state index in [1.807, 2.05) is 0 Å². The van der Waals surface area contributed by atoms with Gasteiger partial charge in [-0.3, -0.25) is 19.7 Å². The van der Waals surface area contributed by atoms with E-state index in [4.69, 9.17) is 5.73 Å². The third kappa shape index (κ3) is 3.78. The van der Waals surface area contributed by atoms with Crippen molar-refractivity contribution in [3.8, 4) is 0 Å². The maximum absolute atomic E-state index is 12.1. The number of amidine groups is 1. The molecule has 0 saturated carbocycles. The van der Waals surface area contributed by atoms with Gasteiger partial charge in [-0.1, -0.05) is 12.1 Å². The number of nitrogens with one attached hydrogen (secondary N) is 1. The molecule has 2 amide bonds. The number of primary amides is 1. The van der Waals surface area contributed by atoms with Gasteiger partial charge in [0.2, 0.25) is 0 Å². The van der Waals surface area contributed by atoms with Crippen molar-refractivity contribution in [2.75, 3.05) is 0 Å². The molecule has 1 aliphatic heterocycles. The van der Waals surface area contributed by atoms with Crippen molar-refractivity contribution in [2.45, 2.75) is 0 Å². The van der Waals surface area contributed by atoms with E-state index in [-0.39, 0.29) is 17.2 Å². The Morgan fingerprint density at radius 1 is 1.19 bits per heavy atom. The molecule has 8 nitrogen and oxygen atoms in total. The number of aliphatic imine (C=N–C) groups is 1. The minimum Gasteiger partial charge on any atom is -0.366 e.